The van der Waals surface area contributed by atoms with Gasteiger partial charge in [-0.25, -0.2) is 8.78 Å². The van der Waals surface area contributed by atoms with Crippen molar-refractivity contribution in [1.82, 2.24) is 0 Å². The van der Waals surface area contributed by atoms with Gasteiger partial charge in [0.2, 0.25) is 0 Å². The molecular formula is C15H9BrF2OS. The van der Waals surface area contributed by atoms with E-state index in [4.69, 9.17) is 0 Å². The minimum Gasteiger partial charge on any atom is -0.383 e. The molecule has 1 atom stereocenters. The third-order valence-electron chi connectivity index (χ3n) is 3.12. The van der Waals surface area contributed by atoms with Crippen LogP contribution in [0.3, 0.4) is 0 Å². The average molecular weight is 355 g/mol. The van der Waals surface area contributed by atoms with Crippen molar-refractivity contribution in [1.29, 1.82) is 0 Å². The van der Waals surface area contributed by atoms with Crippen LogP contribution in [0.15, 0.2) is 46.3 Å². The standard InChI is InChI=1S/C15H9BrF2OS/c16-8-5-11(17)14(12(18)6-8)15(19)10-7-20-13-4-2-1-3-9(10)13/h1-7,15,19H. The van der Waals surface area contributed by atoms with Gasteiger partial charge in [-0.15, -0.1) is 11.3 Å². The first-order chi connectivity index (χ1) is 9.58. The number of fused-ring (bicyclic) bond motifs is 1. The first kappa shape index (κ1) is 13.7. The Bertz CT molecular complexity index is 761. The van der Waals surface area contributed by atoms with Crippen LogP contribution in [0.25, 0.3) is 10.1 Å². The van der Waals surface area contributed by atoms with Gasteiger partial charge in [0.05, 0.1) is 5.56 Å². The average Bonchev–Trinajstić information content (AvgIpc) is 2.81. The summed E-state index contributed by atoms with van der Waals surface area (Å²) in [4.78, 5) is 0. The summed E-state index contributed by atoms with van der Waals surface area (Å²) in [5.41, 5.74) is 0.197. The first-order valence-electron chi connectivity index (χ1n) is 5.86. The summed E-state index contributed by atoms with van der Waals surface area (Å²) in [6, 6.07) is 9.76. The molecule has 0 aliphatic rings. The Hall–Kier alpha value is -1.30. The minimum atomic E-state index is -1.32. The molecule has 0 amide bonds. The monoisotopic (exact) mass is 354 g/mol. The third-order valence-corrected chi connectivity index (χ3v) is 4.56. The summed E-state index contributed by atoms with van der Waals surface area (Å²) >= 11 is 4.46. The number of hydrogen-bond donors (Lipinski definition) is 1. The lowest BCUT2D eigenvalue weighted by Crippen LogP contribution is -2.05. The van der Waals surface area contributed by atoms with Gasteiger partial charge in [-0.1, -0.05) is 34.1 Å². The van der Waals surface area contributed by atoms with Crippen LogP contribution in [0, 0.1) is 11.6 Å². The van der Waals surface area contributed by atoms with Gasteiger partial charge in [-0.2, -0.15) is 0 Å². The van der Waals surface area contributed by atoms with Crippen LogP contribution >= 0.6 is 27.3 Å². The number of aliphatic hydroxyl groups is 1. The summed E-state index contributed by atoms with van der Waals surface area (Å²) in [7, 11) is 0. The maximum absolute atomic E-state index is 13.9. The largest absolute Gasteiger partial charge is 0.383 e. The Labute approximate surface area is 126 Å². The van der Waals surface area contributed by atoms with Crippen LogP contribution in [0.1, 0.15) is 17.2 Å². The smallest absolute Gasteiger partial charge is 0.133 e. The van der Waals surface area contributed by atoms with Crippen molar-refractivity contribution in [2.75, 3.05) is 0 Å². The number of thiophene rings is 1. The van der Waals surface area contributed by atoms with E-state index in [1.807, 2.05) is 24.3 Å². The van der Waals surface area contributed by atoms with Gasteiger partial charge < -0.3 is 5.11 Å². The quantitative estimate of drug-likeness (QED) is 0.684. The molecule has 20 heavy (non-hydrogen) atoms. The number of aliphatic hydroxyl groups excluding tert-OH is 1. The highest BCUT2D eigenvalue weighted by molar-refractivity contribution is 9.10. The summed E-state index contributed by atoms with van der Waals surface area (Å²) in [6.07, 6.45) is -1.32. The zero-order chi connectivity index (χ0) is 14.3. The fraction of sp³-hybridized carbons (Fsp3) is 0.0667. The Morgan fingerprint density at radius 1 is 1.10 bits per heavy atom. The summed E-state index contributed by atoms with van der Waals surface area (Å²) in [5.74, 6) is -1.53. The molecule has 2 aromatic carbocycles. The fourth-order valence-corrected chi connectivity index (χ4v) is 3.56. The Kier molecular flexibility index (Phi) is 3.58. The van der Waals surface area contributed by atoms with Crippen LogP contribution in [0.5, 0.6) is 0 Å². The van der Waals surface area contributed by atoms with Crippen LogP contribution in [0.2, 0.25) is 0 Å². The van der Waals surface area contributed by atoms with E-state index in [1.165, 1.54) is 11.3 Å². The van der Waals surface area contributed by atoms with Gasteiger partial charge in [0.15, 0.2) is 0 Å². The molecule has 0 saturated carbocycles. The van der Waals surface area contributed by atoms with Crippen molar-refractivity contribution >= 4 is 37.4 Å². The van der Waals surface area contributed by atoms with E-state index >= 15 is 0 Å². The Morgan fingerprint density at radius 3 is 2.45 bits per heavy atom. The van der Waals surface area contributed by atoms with Crippen molar-refractivity contribution in [2.45, 2.75) is 6.10 Å². The summed E-state index contributed by atoms with van der Waals surface area (Å²) in [6.45, 7) is 0. The number of halogens is 3. The third kappa shape index (κ3) is 2.26. The normalized spacial score (nSPS) is 12.8. The molecule has 0 bridgehead atoms. The highest BCUT2D eigenvalue weighted by Crippen LogP contribution is 2.36. The Balaban J connectivity index is 2.16. The molecule has 1 unspecified atom stereocenters. The van der Waals surface area contributed by atoms with Crippen LogP contribution in [-0.2, 0) is 0 Å². The lowest BCUT2D eigenvalue weighted by atomic mass is 10.00. The van der Waals surface area contributed by atoms with E-state index in [-0.39, 0.29) is 5.56 Å². The van der Waals surface area contributed by atoms with Crippen molar-refractivity contribution in [2.24, 2.45) is 0 Å². The van der Waals surface area contributed by atoms with E-state index < -0.39 is 17.7 Å². The molecule has 0 saturated heterocycles. The second-order valence-corrected chi connectivity index (χ2v) is 6.20. The molecule has 1 N–H and O–H groups in total. The van der Waals surface area contributed by atoms with E-state index in [2.05, 4.69) is 15.9 Å². The van der Waals surface area contributed by atoms with Crippen molar-refractivity contribution in [3.63, 3.8) is 0 Å². The zero-order valence-corrected chi connectivity index (χ0v) is 12.5. The predicted octanol–water partition coefficient (Wildman–Crippen LogP) is 5.02. The van der Waals surface area contributed by atoms with Crippen molar-refractivity contribution in [3.05, 3.63) is 69.0 Å². The number of rotatable bonds is 2. The molecule has 1 aromatic heterocycles. The maximum Gasteiger partial charge on any atom is 0.133 e. The van der Waals surface area contributed by atoms with E-state index in [9.17, 15) is 13.9 Å². The lowest BCUT2D eigenvalue weighted by Gasteiger charge is -2.13. The SMILES string of the molecule is OC(c1c(F)cc(Br)cc1F)c1csc2ccccc12. The molecule has 0 radical (unpaired) electrons. The van der Waals surface area contributed by atoms with Crippen LogP contribution in [0.4, 0.5) is 8.78 Å². The Morgan fingerprint density at radius 2 is 1.75 bits per heavy atom. The van der Waals surface area contributed by atoms with Gasteiger partial charge in [0.1, 0.15) is 17.7 Å². The molecule has 3 rings (SSSR count). The van der Waals surface area contributed by atoms with Gasteiger partial charge in [-0.05, 0) is 29.0 Å². The second-order valence-electron chi connectivity index (χ2n) is 4.37. The molecule has 0 spiro atoms. The topological polar surface area (TPSA) is 20.2 Å². The minimum absolute atomic E-state index is 0.304. The molecule has 0 fully saturated rings. The molecule has 102 valence electrons. The molecule has 1 heterocycles. The predicted molar refractivity (Wildman–Crippen MR) is 79.9 cm³/mol. The fourth-order valence-electron chi connectivity index (χ4n) is 2.18. The first-order valence-corrected chi connectivity index (χ1v) is 7.54. The summed E-state index contributed by atoms with van der Waals surface area (Å²) < 4.78 is 29.1. The highest BCUT2D eigenvalue weighted by atomic mass is 79.9. The van der Waals surface area contributed by atoms with Gasteiger partial charge >= 0.3 is 0 Å². The lowest BCUT2D eigenvalue weighted by molar-refractivity contribution is 0.211. The van der Waals surface area contributed by atoms with E-state index in [0.29, 0.717) is 10.0 Å². The molecule has 5 heteroatoms. The van der Waals surface area contributed by atoms with Gasteiger partial charge in [0, 0.05) is 14.7 Å². The second kappa shape index (κ2) is 5.24. The molecule has 0 aliphatic heterocycles. The van der Waals surface area contributed by atoms with E-state index in [0.717, 1.165) is 22.2 Å². The van der Waals surface area contributed by atoms with Gasteiger partial charge in [-0.3, -0.25) is 0 Å². The molecule has 0 aliphatic carbocycles. The number of hydrogen-bond acceptors (Lipinski definition) is 2. The molecule has 1 nitrogen and oxygen atoms in total. The molecule has 3 aromatic rings. The van der Waals surface area contributed by atoms with Crippen LogP contribution < -0.4 is 0 Å². The van der Waals surface area contributed by atoms with E-state index in [1.54, 1.807) is 5.38 Å². The maximum atomic E-state index is 13.9. The highest BCUT2D eigenvalue weighted by Gasteiger charge is 2.22. The molecular weight excluding hydrogens is 346 g/mol. The van der Waals surface area contributed by atoms with Crippen LogP contribution in [-0.4, -0.2) is 5.11 Å². The van der Waals surface area contributed by atoms with Crippen molar-refractivity contribution in [3.8, 4) is 0 Å². The summed E-state index contributed by atoms with van der Waals surface area (Å²) in [5, 5.41) is 12.9. The van der Waals surface area contributed by atoms with Gasteiger partial charge in [0.25, 0.3) is 0 Å². The van der Waals surface area contributed by atoms with Crippen molar-refractivity contribution < 1.29 is 13.9 Å². The zero-order valence-electron chi connectivity index (χ0n) is 10.1. The number of benzene rings is 2.